The summed E-state index contributed by atoms with van der Waals surface area (Å²) in [6.45, 7) is 1.85. The maximum Gasteiger partial charge on any atom is 0.268 e. The molecule has 0 fully saturated rings. The molecule has 0 aliphatic rings. The molecule has 0 unspecified atom stereocenters. The predicted octanol–water partition coefficient (Wildman–Crippen LogP) is 4.40. The second-order valence-electron chi connectivity index (χ2n) is 5.66. The topological polar surface area (TPSA) is 64.7 Å². The third kappa shape index (κ3) is 2.85. The lowest BCUT2D eigenvalue weighted by atomic mass is 10.1. The van der Waals surface area contributed by atoms with Gasteiger partial charge in [0.05, 0.1) is 17.6 Å². The van der Waals surface area contributed by atoms with Crippen LogP contribution in [0.5, 0.6) is 0 Å². The fourth-order valence-corrected chi connectivity index (χ4v) is 2.63. The molecule has 2 heterocycles. The molecule has 0 aliphatic heterocycles. The van der Waals surface area contributed by atoms with Gasteiger partial charge in [-0.25, -0.2) is 4.98 Å². The summed E-state index contributed by atoms with van der Waals surface area (Å²) in [5, 5.41) is 8.26. The first-order valence-corrected chi connectivity index (χ1v) is 8.05. The zero-order valence-corrected chi connectivity index (χ0v) is 14.0. The molecule has 0 spiro atoms. The van der Waals surface area contributed by atoms with E-state index < -0.39 is 0 Å². The van der Waals surface area contributed by atoms with E-state index in [0.717, 1.165) is 16.7 Å². The third-order valence-electron chi connectivity index (χ3n) is 3.96. The average Bonchev–Trinajstić information content (AvgIpc) is 3.19. The van der Waals surface area contributed by atoms with Crippen molar-refractivity contribution < 1.29 is 5.84 Å². The zero-order valence-electron chi connectivity index (χ0n) is 14.0. The van der Waals surface area contributed by atoms with Crippen LogP contribution in [0.4, 0.5) is 0 Å². The largest absolute Gasteiger partial charge is 0.415 e. The number of aryl methyl sites for hydroxylation is 1. The van der Waals surface area contributed by atoms with Gasteiger partial charge in [-0.15, -0.1) is 16.6 Å². The van der Waals surface area contributed by atoms with E-state index in [1.165, 1.54) is 0 Å². The molecule has 2 aromatic carbocycles. The summed E-state index contributed by atoms with van der Waals surface area (Å²) in [6.07, 6.45) is 7.29. The molecule has 0 saturated heterocycles. The first-order valence-electron chi connectivity index (χ1n) is 8.05. The molecule has 0 radical (unpaired) electrons. The van der Waals surface area contributed by atoms with Gasteiger partial charge in [-0.05, 0) is 25.1 Å². The zero-order chi connectivity index (χ0) is 17.9. The van der Waals surface area contributed by atoms with Gasteiger partial charge in [0, 0.05) is 18.1 Å². The minimum absolute atomic E-state index is 0. The Morgan fingerprint density at radius 1 is 0.962 bits per heavy atom. The molecule has 126 valence electrons. The molecule has 4 aromatic rings. The molecule has 26 heavy (non-hydrogen) atoms. The lowest BCUT2D eigenvalue weighted by molar-refractivity contribution is 0.581. The number of hydrogen-bond acceptors (Lipinski definition) is 5. The van der Waals surface area contributed by atoms with Crippen molar-refractivity contribution in [3.05, 3.63) is 72.1 Å². The Bertz CT molecular complexity index is 1120. The van der Waals surface area contributed by atoms with Crippen molar-refractivity contribution in [1.82, 2.24) is 20.2 Å². The Labute approximate surface area is 152 Å². The highest BCUT2D eigenvalue weighted by molar-refractivity contribution is 5.69. The van der Waals surface area contributed by atoms with E-state index in [1.54, 1.807) is 6.20 Å². The van der Waals surface area contributed by atoms with E-state index in [4.69, 9.17) is 10.8 Å². The van der Waals surface area contributed by atoms with Crippen molar-refractivity contribution in [2.75, 3.05) is 0 Å². The normalized spacial score (nSPS) is 10.5. The second kappa shape index (κ2) is 6.61. The molecular weight excluding hydrogens is 324 g/mol. The Morgan fingerprint density at radius 2 is 1.69 bits per heavy atom. The summed E-state index contributed by atoms with van der Waals surface area (Å²) in [6, 6.07) is 17.2. The van der Waals surface area contributed by atoms with Crippen LogP contribution in [0.15, 0.2) is 65.2 Å². The van der Waals surface area contributed by atoms with Gasteiger partial charge in [-0.2, -0.15) is 0 Å². The van der Waals surface area contributed by atoms with Crippen LogP contribution in [0, 0.1) is 19.3 Å². The molecular formula is C21H16N4O. The highest BCUT2D eigenvalue weighted by Crippen LogP contribution is 2.27. The van der Waals surface area contributed by atoms with Crippen molar-refractivity contribution in [3.63, 3.8) is 0 Å². The molecule has 0 saturated carbocycles. The fourth-order valence-electron chi connectivity index (χ4n) is 2.63. The number of nitrogens with zero attached hydrogens (tertiary/aromatic N) is 4. The second-order valence-corrected chi connectivity index (χ2v) is 5.66. The van der Waals surface area contributed by atoms with Crippen molar-refractivity contribution in [1.29, 1.82) is 0 Å². The lowest BCUT2D eigenvalue weighted by Crippen LogP contribution is -1.96. The highest BCUT2D eigenvalue weighted by atomic mass is 16.4. The molecule has 0 atom stereocenters. The van der Waals surface area contributed by atoms with E-state index in [2.05, 4.69) is 26.1 Å². The molecule has 5 heteroatoms. The Balaban J connectivity index is 0.00000210. The molecule has 0 bridgehead atoms. The number of rotatable bonds is 3. The lowest BCUT2D eigenvalue weighted by Gasteiger charge is -2.06. The van der Waals surface area contributed by atoms with Crippen molar-refractivity contribution in [2.24, 2.45) is 0 Å². The van der Waals surface area contributed by atoms with Gasteiger partial charge in [0.2, 0.25) is 5.89 Å². The molecule has 2 aromatic heterocycles. The quantitative estimate of drug-likeness (QED) is 0.517. The highest BCUT2D eigenvalue weighted by Gasteiger charge is 2.16. The van der Waals surface area contributed by atoms with Crippen LogP contribution in [0.25, 0.3) is 34.3 Å². The van der Waals surface area contributed by atoms with Gasteiger partial charge in [0.25, 0.3) is 5.89 Å². The Morgan fingerprint density at radius 3 is 2.50 bits per heavy atom. The summed E-state index contributed by atoms with van der Waals surface area (Å²) in [4.78, 5) is 9.10. The Hall–Kier alpha value is -3.78. The average molecular weight is 340 g/mol. The molecule has 0 aliphatic carbocycles. The SMILES string of the molecule is C#Cc1ccccc1-c1cnc(C)c(-c2nnc(-c3ccccc3)o2)n1.[HH]. The van der Waals surface area contributed by atoms with Gasteiger partial charge >= 0.3 is 0 Å². The monoisotopic (exact) mass is 340 g/mol. The standard InChI is InChI=1S/C21H14N4O.H2/c1-3-15-9-7-8-12-17(15)18-13-22-14(2)19(23-18)21-25-24-20(26-21)16-10-5-4-6-11-16;/h1,4-13H,2H3;1H. The summed E-state index contributed by atoms with van der Waals surface area (Å²) in [5.74, 6) is 3.44. The number of benzene rings is 2. The number of hydrogen-bond donors (Lipinski definition) is 0. The molecule has 0 N–H and O–H groups in total. The first-order chi connectivity index (χ1) is 12.8. The number of aromatic nitrogens is 4. The van der Waals surface area contributed by atoms with Crippen LogP contribution in [-0.4, -0.2) is 20.2 Å². The minimum Gasteiger partial charge on any atom is -0.415 e. The van der Waals surface area contributed by atoms with E-state index in [1.807, 2.05) is 61.5 Å². The maximum absolute atomic E-state index is 5.82. The van der Waals surface area contributed by atoms with Crippen molar-refractivity contribution >= 4 is 0 Å². The summed E-state index contributed by atoms with van der Waals surface area (Å²) < 4.78 is 5.82. The van der Waals surface area contributed by atoms with E-state index in [-0.39, 0.29) is 1.43 Å². The maximum atomic E-state index is 5.82. The number of terminal acetylenes is 1. The summed E-state index contributed by atoms with van der Waals surface area (Å²) in [7, 11) is 0. The van der Waals surface area contributed by atoms with Crippen LogP contribution in [0.2, 0.25) is 0 Å². The van der Waals surface area contributed by atoms with E-state index in [0.29, 0.717) is 28.9 Å². The van der Waals surface area contributed by atoms with E-state index in [9.17, 15) is 0 Å². The van der Waals surface area contributed by atoms with Gasteiger partial charge in [-0.3, -0.25) is 4.98 Å². The molecule has 0 amide bonds. The van der Waals surface area contributed by atoms with Gasteiger partial charge in [-0.1, -0.05) is 42.3 Å². The van der Waals surface area contributed by atoms with Crippen LogP contribution in [0.3, 0.4) is 0 Å². The first kappa shape index (κ1) is 15.7. The van der Waals surface area contributed by atoms with Crippen LogP contribution < -0.4 is 0 Å². The Kier molecular flexibility index (Phi) is 4.00. The van der Waals surface area contributed by atoms with Crippen LogP contribution >= 0.6 is 0 Å². The van der Waals surface area contributed by atoms with Gasteiger partial charge < -0.3 is 4.42 Å². The van der Waals surface area contributed by atoms with Crippen LogP contribution in [-0.2, 0) is 0 Å². The molecule has 4 rings (SSSR count). The third-order valence-corrected chi connectivity index (χ3v) is 3.96. The smallest absolute Gasteiger partial charge is 0.268 e. The predicted molar refractivity (Wildman–Crippen MR) is 101 cm³/mol. The van der Waals surface area contributed by atoms with Gasteiger partial charge in [0.1, 0.15) is 5.69 Å². The van der Waals surface area contributed by atoms with E-state index >= 15 is 0 Å². The van der Waals surface area contributed by atoms with Crippen LogP contribution in [0.1, 0.15) is 12.7 Å². The van der Waals surface area contributed by atoms with Crippen molar-refractivity contribution in [3.8, 4) is 46.6 Å². The molecule has 5 nitrogen and oxygen atoms in total. The minimum atomic E-state index is 0. The van der Waals surface area contributed by atoms with Crippen molar-refractivity contribution in [2.45, 2.75) is 6.92 Å². The summed E-state index contributed by atoms with van der Waals surface area (Å²) >= 11 is 0. The fraction of sp³-hybridized carbons (Fsp3) is 0.0476. The van der Waals surface area contributed by atoms with Gasteiger partial charge in [0.15, 0.2) is 0 Å². The summed E-state index contributed by atoms with van der Waals surface area (Å²) in [5.41, 5.74) is 4.36.